The summed E-state index contributed by atoms with van der Waals surface area (Å²) in [6, 6.07) is 0. The molecular formula is C25H36O4. The van der Waals surface area contributed by atoms with Gasteiger partial charge in [0.15, 0.2) is 0 Å². The van der Waals surface area contributed by atoms with Gasteiger partial charge in [-0.2, -0.15) is 0 Å². The summed E-state index contributed by atoms with van der Waals surface area (Å²) in [5.74, 6) is 0.117. The molecule has 4 nitrogen and oxygen atoms in total. The number of aldehydes is 1. The minimum Gasteiger partial charge on any atom is -0.389 e. The Labute approximate surface area is 174 Å². The van der Waals surface area contributed by atoms with Crippen LogP contribution in [0, 0.1) is 29.1 Å². The van der Waals surface area contributed by atoms with Crippen molar-refractivity contribution in [1.82, 2.24) is 0 Å². The Hall–Kier alpha value is -1.26. The van der Waals surface area contributed by atoms with Crippen molar-refractivity contribution in [2.75, 3.05) is 0 Å². The zero-order chi connectivity index (χ0) is 21.2. The van der Waals surface area contributed by atoms with Crippen LogP contribution in [0.4, 0.5) is 0 Å². The zero-order valence-electron chi connectivity index (χ0n) is 18.5. The van der Waals surface area contributed by atoms with Crippen LogP contribution >= 0.6 is 0 Å². The number of hydrogen-bond donors (Lipinski definition) is 1. The second-order valence-electron chi connectivity index (χ2n) is 11.0. The van der Waals surface area contributed by atoms with Crippen LogP contribution in [0.1, 0.15) is 73.1 Å². The van der Waals surface area contributed by atoms with E-state index in [9.17, 15) is 14.7 Å². The molecular weight excluding hydrogens is 364 g/mol. The molecule has 160 valence electrons. The average Bonchev–Trinajstić information content (AvgIpc) is 3.12. The van der Waals surface area contributed by atoms with Gasteiger partial charge < -0.3 is 9.84 Å². The number of carbonyl (C=O) groups excluding carboxylic acids is 2. The molecule has 3 aliphatic carbocycles. The number of Topliss-reactive ketones (excluding diaryl/α,β-unsaturated/α-hetero) is 1. The summed E-state index contributed by atoms with van der Waals surface area (Å²) in [5, 5.41) is 11.1. The monoisotopic (exact) mass is 400 g/mol. The number of rotatable bonds is 2. The summed E-state index contributed by atoms with van der Waals surface area (Å²) in [7, 11) is 0. The van der Waals surface area contributed by atoms with Crippen molar-refractivity contribution in [2.24, 2.45) is 29.1 Å². The van der Waals surface area contributed by atoms with E-state index in [0.29, 0.717) is 17.4 Å². The van der Waals surface area contributed by atoms with E-state index in [0.717, 1.165) is 38.4 Å². The molecule has 0 aromatic rings. The van der Waals surface area contributed by atoms with E-state index in [4.69, 9.17) is 4.74 Å². The largest absolute Gasteiger partial charge is 0.389 e. The lowest BCUT2D eigenvalue weighted by atomic mass is 9.62. The topological polar surface area (TPSA) is 63.6 Å². The third-order valence-electron chi connectivity index (χ3n) is 8.68. The Balaban J connectivity index is 1.74. The van der Waals surface area contributed by atoms with Gasteiger partial charge in [0, 0.05) is 12.3 Å². The molecule has 29 heavy (non-hydrogen) atoms. The average molecular weight is 401 g/mol. The molecule has 1 aliphatic heterocycles. The number of carbonyl (C=O) groups is 2. The molecule has 8 atom stereocenters. The van der Waals surface area contributed by atoms with Crippen molar-refractivity contribution >= 4 is 12.1 Å². The van der Waals surface area contributed by atoms with E-state index in [-0.39, 0.29) is 35.2 Å². The van der Waals surface area contributed by atoms with E-state index >= 15 is 0 Å². The summed E-state index contributed by atoms with van der Waals surface area (Å²) in [6.07, 6.45) is 10.0. The molecule has 0 bridgehead atoms. The highest BCUT2D eigenvalue weighted by Crippen LogP contribution is 2.64. The Morgan fingerprint density at radius 2 is 2.00 bits per heavy atom. The zero-order valence-corrected chi connectivity index (χ0v) is 18.5. The molecule has 1 saturated heterocycles. The van der Waals surface area contributed by atoms with Crippen molar-refractivity contribution in [3.8, 4) is 0 Å². The van der Waals surface area contributed by atoms with Gasteiger partial charge in [-0.25, -0.2) is 0 Å². The minimum atomic E-state index is -1.04. The van der Waals surface area contributed by atoms with E-state index < -0.39 is 11.5 Å². The molecule has 1 N–H and O–H groups in total. The normalized spacial score (nSPS) is 51.0. The van der Waals surface area contributed by atoms with Crippen molar-refractivity contribution < 1.29 is 19.4 Å². The molecule has 0 aromatic carbocycles. The Morgan fingerprint density at radius 1 is 1.28 bits per heavy atom. The fraction of sp³-hybridized carbons (Fsp3) is 0.760. The van der Waals surface area contributed by atoms with Gasteiger partial charge in [0.1, 0.15) is 12.1 Å². The van der Waals surface area contributed by atoms with Gasteiger partial charge in [-0.05, 0) is 75.7 Å². The molecule has 4 heteroatoms. The van der Waals surface area contributed by atoms with E-state index in [2.05, 4.69) is 33.8 Å². The maximum Gasteiger partial charge on any atom is 0.146 e. The molecule has 0 aromatic heterocycles. The first-order chi connectivity index (χ1) is 13.5. The second-order valence-corrected chi connectivity index (χ2v) is 11.0. The van der Waals surface area contributed by atoms with Crippen molar-refractivity contribution in [2.45, 2.75) is 90.4 Å². The molecule has 0 radical (unpaired) electrons. The number of aliphatic hydroxyl groups is 1. The third-order valence-corrected chi connectivity index (χ3v) is 8.68. The Morgan fingerprint density at radius 3 is 2.66 bits per heavy atom. The van der Waals surface area contributed by atoms with Crippen LogP contribution < -0.4 is 0 Å². The Bertz CT molecular complexity index is 774. The molecule has 1 spiro atoms. The molecule has 2 saturated carbocycles. The van der Waals surface area contributed by atoms with E-state index in [1.165, 1.54) is 5.57 Å². The molecule has 1 unspecified atom stereocenters. The number of allylic oxidation sites excluding steroid dienone is 3. The molecule has 3 fully saturated rings. The van der Waals surface area contributed by atoms with Crippen LogP contribution in [0.5, 0.6) is 0 Å². The highest BCUT2D eigenvalue weighted by Gasteiger charge is 2.63. The van der Waals surface area contributed by atoms with Crippen LogP contribution in [0.3, 0.4) is 0 Å². The van der Waals surface area contributed by atoms with Crippen LogP contribution in [0.15, 0.2) is 23.3 Å². The van der Waals surface area contributed by atoms with Gasteiger partial charge in [-0.15, -0.1) is 0 Å². The molecule has 4 aliphatic rings. The predicted molar refractivity (Wildman–Crippen MR) is 112 cm³/mol. The lowest BCUT2D eigenvalue weighted by Crippen LogP contribution is -2.46. The Kier molecular flexibility index (Phi) is 4.98. The van der Waals surface area contributed by atoms with Crippen LogP contribution in [-0.2, 0) is 14.3 Å². The van der Waals surface area contributed by atoms with Gasteiger partial charge in [-0.1, -0.05) is 31.6 Å². The van der Waals surface area contributed by atoms with Crippen molar-refractivity contribution in [3.05, 3.63) is 23.3 Å². The predicted octanol–water partition coefficient (Wildman–Crippen LogP) is 4.41. The number of hydrogen-bond acceptors (Lipinski definition) is 4. The fourth-order valence-corrected chi connectivity index (χ4v) is 7.28. The third kappa shape index (κ3) is 3.18. The summed E-state index contributed by atoms with van der Waals surface area (Å²) in [4.78, 5) is 24.6. The van der Waals surface area contributed by atoms with Gasteiger partial charge >= 0.3 is 0 Å². The van der Waals surface area contributed by atoms with Gasteiger partial charge in [-0.3, -0.25) is 9.59 Å². The lowest BCUT2D eigenvalue weighted by molar-refractivity contribution is -0.122. The van der Waals surface area contributed by atoms with Crippen molar-refractivity contribution in [1.29, 1.82) is 0 Å². The summed E-state index contributed by atoms with van der Waals surface area (Å²) in [5.41, 5.74) is 0.628. The van der Waals surface area contributed by atoms with E-state index in [1.807, 2.05) is 6.08 Å². The number of ketones is 1. The van der Waals surface area contributed by atoms with Crippen LogP contribution in [-0.4, -0.2) is 34.5 Å². The molecule has 0 amide bonds. The fourth-order valence-electron chi connectivity index (χ4n) is 7.28. The second kappa shape index (κ2) is 6.88. The van der Waals surface area contributed by atoms with Gasteiger partial charge in [0.05, 0.1) is 23.2 Å². The van der Waals surface area contributed by atoms with Crippen molar-refractivity contribution in [3.63, 3.8) is 0 Å². The maximum absolute atomic E-state index is 12.7. The summed E-state index contributed by atoms with van der Waals surface area (Å²) in [6.45, 7) is 10.7. The SMILES string of the molecule is CC(C)=C[C@H]1C[C@H](C)[C@]2(CC[C@]3(C)C[C@H]4[C@H](C(=O)C[C@@]4(C)O)/C(C=O)=C\CC32)O1. The van der Waals surface area contributed by atoms with Gasteiger partial charge in [0.2, 0.25) is 0 Å². The molecule has 1 heterocycles. The first-order valence-electron chi connectivity index (χ1n) is 11.3. The standard InChI is InChI=1S/C25H36O4/c1-15(2)10-18-11-16(3)25(29-18)9-8-23(4)12-19-22(20(27)13-24(19,5)28)17(14-26)6-7-21(23)25/h6,10,14,16,18-19,21-22,28H,7-9,11-13H2,1-5H3/b17-6-/t16-,18-,19-,21?,22+,23+,24+,25-/m0/s1. The number of ether oxygens (including phenoxy) is 1. The number of fused-ring (bicyclic) bond motifs is 3. The van der Waals surface area contributed by atoms with E-state index in [1.54, 1.807) is 6.92 Å². The summed E-state index contributed by atoms with van der Waals surface area (Å²) < 4.78 is 6.79. The highest BCUT2D eigenvalue weighted by molar-refractivity contribution is 5.94. The highest BCUT2D eigenvalue weighted by atomic mass is 16.5. The van der Waals surface area contributed by atoms with Crippen LogP contribution in [0.25, 0.3) is 0 Å². The smallest absolute Gasteiger partial charge is 0.146 e. The maximum atomic E-state index is 12.7. The first kappa shape index (κ1) is 21.0. The molecule has 4 rings (SSSR count). The quantitative estimate of drug-likeness (QED) is 0.551. The van der Waals surface area contributed by atoms with Crippen LogP contribution in [0.2, 0.25) is 0 Å². The minimum absolute atomic E-state index is 0.00341. The first-order valence-corrected chi connectivity index (χ1v) is 11.3. The lowest BCUT2D eigenvalue weighted by Gasteiger charge is -2.45. The van der Waals surface area contributed by atoms with Gasteiger partial charge in [0.25, 0.3) is 0 Å². The summed E-state index contributed by atoms with van der Waals surface area (Å²) >= 11 is 0.